The summed E-state index contributed by atoms with van der Waals surface area (Å²) in [6.07, 6.45) is 3.18. The number of likely N-dealkylation sites (tertiary alicyclic amines) is 1. The first-order valence-electron chi connectivity index (χ1n) is 7.75. The molecule has 1 aliphatic heterocycles. The Morgan fingerprint density at radius 2 is 2.29 bits per heavy atom. The van der Waals surface area contributed by atoms with Crippen molar-refractivity contribution in [3.63, 3.8) is 0 Å². The minimum Gasteiger partial charge on any atom is -0.494 e. The van der Waals surface area contributed by atoms with E-state index in [2.05, 4.69) is 9.97 Å². The minimum absolute atomic E-state index is 0.0975. The summed E-state index contributed by atoms with van der Waals surface area (Å²) in [6.45, 7) is 0.618. The first-order chi connectivity index (χ1) is 11.6. The molecular weight excluding hydrogens is 313 g/mol. The topological polar surface area (TPSA) is 75.3 Å². The van der Waals surface area contributed by atoms with Crippen molar-refractivity contribution < 1.29 is 13.9 Å². The summed E-state index contributed by atoms with van der Waals surface area (Å²) < 4.78 is 18.6. The van der Waals surface area contributed by atoms with Gasteiger partial charge in [0.25, 0.3) is 0 Å². The molecule has 0 radical (unpaired) electrons. The monoisotopic (exact) mass is 331 g/mol. The third-order valence-corrected chi connectivity index (χ3v) is 4.20. The number of aromatic nitrogens is 2. The number of hydrogen-bond acceptors (Lipinski definition) is 4. The predicted molar refractivity (Wildman–Crippen MR) is 85.2 cm³/mol. The van der Waals surface area contributed by atoms with Crippen molar-refractivity contribution in [1.29, 1.82) is 0 Å². The number of carbonyl (C=O) groups excluding carboxylic acids is 1. The van der Waals surface area contributed by atoms with Crippen LogP contribution in [-0.4, -0.2) is 34.4 Å². The van der Waals surface area contributed by atoms with Crippen LogP contribution in [0.1, 0.15) is 30.1 Å². The molecule has 1 aliphatic rings. The van der Waals surface area contributed by atoms with Gasteiger partial charge in [-0.15, -0.1) is 0 Å². The number of rotatable bonds is 4. The van der Waals surface area contributed by atoms with Gasteiger partial charge in [0, 0.05) is 18.4 Å². The van der Waals surface area contributed by atoms with Gasteiger partial charge in [-0.25, -0.2) is 14.2 Å². The molecule has 2 heterocycles. The van der Waals surface area contributed by atoms with Crippen LogP contribution in [0.4, 0.5) is 4.39 Å². The lowest BCUT2D eigenvalue weighted by molar-refractivity contribution is -0.131. The highest BCUT2D eigenvalue weighted by atomic mass is 19.1. The Morgan fingerprint density at radius 1 is 1.46 bits per heavy atom. The normalized spacial score (nSPS) is 17.1. The first kappa shape index (κ1) is 16.2. The van der Waals surface area contributed by atoms with E-state index in [0.717, 1.165) is 12.8 Å². The van der Waals surface area contributed by atoms with E-state index in [0.29, 0.717) is 17.8 Å². The van der Waals surface area contributed by atoms with Gasteiger partial charge >= 0.3 is 5.69 Å². The van der Waals surface area contributed by atoms with E-state index in [1.165, 1.54) is 25.4 Å². The molecule has 126 valence electrons. The molecule has 24 heavy (non-hydrogen) atoms. The first-order valence-corrected chi connectivity index (χ1v) is 7.75. The number of nitrogens with one attached hydrogen (secondary N) is 1. The fourth-order valence-electron chi connectivity index (χ4n) is 3.06. The van der Waals surface area contributed by atoms with E-state index in [1.54, 1.807) is 17.0 Å². The minimum atomic E-state index is -0.487. The van der Waals surface area contributed by atoms with Crippen molar-refractivity contribution in [3.05, 3.63) is 58.0 Å². The van der Waals surface area contributed by atoms with E-state index in [4.69, 9.17) is 4.74 Å². The van der Waals surface area contributed by atoms with Gasteiger partial charge in [0.1, 0.15) is 0 Å². The summed E-state index contributed by atoms with van der Waals surface area (Å²) in [6, 6.07) is 6.05. The fourth-order valence-corrected chi connectivity index (χ4v) is 3.06. The Kier molecular flexibility index (Phi) is 4.59. The maximum atomic E-state index is 13.8. The lowest BCUT2D eigenvalue weighted by Gasteiger charge is -2.24. The van der Waals surface area contributed by atoms with Gasteiger partial charge in [0.15, 0.2) is 11.6 Å². The van der Waals surface area contributed by atoms with Gasteiger partial charge < -0.3 is 14.6 Å². The van der Waals surface area contributed by atoms with Crippen LogP contribution in [0.25, 0.3) is 0 Å². The number of ether oxygens (including phenoxy) is 1. The molecule has 1 aromatic carbocycles. The van der Waals surface area contributed by atoms with Crippen LogP contribution < -0.4 is 10.4 Å². The SMILES string of the molecule is COc1ccc(CC(=O)N2CCC[C@@H]2c2ccnc(=O)[nH]2)cc1F. The Morgan fingerprint density at radius 3 is 3.00 bits per heavy atom. The molecule has 0 bridgehead atoms. The smallest absolute Gasteiger partial charge is 0.345 e. The third kappa shape index (κ3) is 3.29. The molecule has 1 fully saturated rings. The van der Waals surface area contributed by atoms with E-state index < -0.39 is 11.5 Å². The second-order valence-electron chi connectivity index (χ2n) is 5.72. The van der Waals surface area contributed by atoms with Crippen LogP contribution in [-0.2, 0) is 11.2 Å². The molecule has 1 saturated heterocycles. The number of benzene rings is 1. The van der Waals surface area contributed by atoms with Crippen LogP contribution >= 0.6 is 0 Å². The van der Waals surface area contributed by atoms with Gasteiger partial charge in [0.2, 0.25) is 5.91 Å². The van der Waals surface area contributed by atoms with Gasteiger partial charge in [-0.05, 0) is 36.6 Å². The molecule has 2 aromatic rings. The van der Waals surface area contributed by atoms with E-state index in [9.17, 15) is 14.0 Å². The number of aromatic amines is 1. The summed E-state index contributed by atoms with van der Waals surface area (Å²) >= 11 is 0. The standard InChI is InChI=1S/C17H18FN3O3/c1-24-15-5-4-11(9-12(15)18)10-16(22)21-8-2-3-14(21)13-6-7-19-17(23)20-13/h4-7,9,14H,2-3,8,10H2,1H3,(H,19,20,23)/t14-/m1/s1. The van der Waals surface area contributed by atoms with Gasteiger partial charge in [-0.1, -0.05) is 6.07 Å². The number of nitrogens with zero attached hydrogens (tertiary/aromatic N) is 2. The molecule has 6 nitrogen and oxygen atoms in total. The number of halogens is 1. The second kappa shape index (κ2) is 6.82. The lowest BCUT2D eigenvalue weighted by Crippen LogP contribution is -2.33. The van der Waals surface area contributed by atoms with Crippen LogP contribution in [0, 0.1) is 5.82 Å². The van der Waals surface area contributed by atoms with Crippen molar-refractivity contribution in [2.45, 2.75) is 25.3 Å². The molecule has 0 spiro atoms. The van der Waals surface area contributed by atoms with Crippen LogP contribution in [0.5, 0.6) is 5.75 Å². The van der Waals surface area contributed by atoms with Gasteiger partial charge in [-0.3, -0.25) is 4.79 Å². The van der Waals surface area contributed by atoms with Crippen molar-refractivity contribution in [3.8, 4) is 5.75 Å². The highest BCUT2D eigenvalue weighted by Crippen LogP contribution is 2.31. The molecule has 1 N–H and O–H groups in total. The summed E-state index contributed by atoms with van der Waals surface area (Å²) in [5.74, 6) is -0.432. The van der Waals surface area contributed by atoms with Crippen LogP contribution in [0.15, 0.2) is 35.3 Å². The number of amides is 1. The second-order valence-corrected chi connectivity index (χ2v) is 5.72. The van der Waals surface area contributed by atoms with Crippen molar-refractivity contribution in [2.75, 3.05) is 13.7 Å². The molecular formula is C17H18FN3O3. The molecule has 0 unspecified atom stereocenters. The lowest BCUT2D eigenvalue weighted by atomic mass is 10.1. The number of methoxy groups -OCH3 is 1. The highest BCUT2D eigenvalue weighted by molar-refractivity contribution is 5.79. The largest absolute Gasteiger partial charge is 0.494 e. The maximum absolute atomic E-state index is 13.8. The summed E-state index contributed by atoms with van der Waals surface area (Å²) in [5, 5.41) is 0. The quantitative estimate of drug-likeness (QED) is 0.927. The van der Waals surface area contributed by atoms with Gasteiger partial charge in [-0.2, -0.15) is 0 Å². The zero-order valence-electron chi connectivity index (χ0n) is 13.3. The number of hydrogen-bond donors (Lipinski definition) is 1. The Balaban J connectivity index is 1.76. The Bertz CT molecular complexity index is 806. The molecule has 1 aromatic heterocycles. The fraction of sp³-hybridized carbons (Fsp3) is 0.353. The summed E-state index contributed by atoms with van der Waals surface area (Å²) in [7, 11) is 1.40. The van der Waals surface area contributed by atoms with E-state index in [-0.39, 0.29) is 24.1 Å². The molecule has 7 heteroatoms. The van der Waals surface area contributed by atoms with Crippen LogP contribution in [0.3, 0.4) is 0 Å². The number of carbonyl (C=O) groups is 1. The highest BCUT2D eigenvalue weighted by Gasteiger charge is 2.30. The Labute approximate surface area is 138 Å². The number of H-pyrrole nitrogens is 1. The van der Waals surface area contributed by atoms with Gasteiger partial charge in [0.05, 0.1) is 19.6 Å². The zero-order chi connectivity index (χ0) is 17.1. The van der Waals surface area contributed by atoms with Crippen molar-refractivity contribution in [1.82, 2.24) is 14.9 Å². The molecule has 0 aliphatic carbocycles. The summed E-state index contributed by atoms with van der Waals surface area (Å²) in [4.78, 5) is 32.0. The average molecular weight is 331 g/mol. The molecule has 0 saturated carbocycles. The molecule has 1 atom stereocenters. The van der Waals surface area contributed by atoms with E-state index >= 15 is 0 Å². The maximum Gasteiger partial charge on any atom is 0.345 e. The van der Waals surface area contributed by atoms with Crippen LogP contribution in [0.2, 0.25) is 0 Å². The average Bonchev–Trinajstić information content (AvgIpc) is 3.05. The summed E-state index contributed by atoms with van der Waals surface area (Å²) in [5.41, 5.74) is 0.845. The Hall–Kier alpha value is -2.70. The van der Waals surface area contributed by atoms with E-state index in [1.807, 2.05) is 0 Å². The third-order valence-electron chi connectivity index (χ3n) is 4.20. The van der Waals surface area contributed by atoms with Crippen molar-refractivity contribution >= 4 is 5.91 Å². The zero-order valence-corrected chi connectivity index (χ0v) is 13.3. The molecule has 1 amide bonds. The predicted octanol–water partition coefficient (Wildman–Crippen LogP) is 1.82. The van der Waals surface area contributed by atoms with Crippen molar-refractivity contribution in [2.24, 2.45) is 0 Å². The molecule has 3 rings (SSSR count).